The molecule has 7 heteroatoms. The zero-order valence-corrected chi connectivity index (χ0v) is 9.58. The average Bonchev–Trinajstić information content (AvgIpc) is 2.71. The minimum Gasteiger partial charge on any atom is -0.286 e. The lowest BCUT2D eigenvalue weighted by Gasteiger charge is -2.10. The van der Waals surface area contributed by atoms with Crippen LogP contribution in [0.3, 0.4) is 0 Å². The maximum atomic E-state index is 11.5. The third-order valence-electron chi connectivity index (χ3n) is 2.08. The monoisotopic (exact) mass is 249 g/mol. The van der Waals surface area contributed by atoms with Gasteiger partial charge in [-0.3, -0.25) is 14.8 Å². The molecule has 1 aromatic rings. The van der Waals surface area contributed by atoms with Gasteiger partial charge in [0.2, 0.25) is 11.0 Å². The van der Waals surface area contributed by atoms with Crippen molar-refractivity contribution < 1.29 is 4.79 Å². The van der Waals surface area contributed by atoms with E-state index in [0.29, 0.717) is 27.9 Å². The van der Waals surface area contributed by atoms with Gasteiger partial charge in [-0.15, -0.1) is 16.7 Å². The number of hydrogen-bond donors (Lipinski definition) is 1. The molecule has 1 unspecified atom stereocenters. The van der Waals surface area contributed by atoms with Crippen LogP contribution in [0.1, 0.15) is 6.42 Å². The van der Waals surface area contributed by atoms with Gasteiger partial charge in [-0.1, -0.05) is 11.3 Å². The summed E-state index contributed by atoms with van der Waals surface area (Å²) in [6.45, 7) is 0.651. The third kappa shape index (κ3) is 1.82. The van der Waals surface area contributed by atoms with Crippen LogP contribution in [0, 0.1) is 9.87 Å². The quantitative estimate of drug-likeness (QED) is 0.642. The van der Waals surface area contributed by atoms with Crippen molar-refractivity contribution in [3.63, 3.8) is 0 Å². The lowest BCUT2D eigenvalue weighted by atomic mass is 10.2. The smallest absolute Gasteiger partial charge is 0.229 e. The molecule has 4 nitrogen and oxygen atoms in total. The Hall–Kier alpha value is -0.460. The predicted molar refractivity (Wildman–Crippen MR) is 58.5 cm³/mol. The van der Waals surface area contributed by atoms with E-state index in [2.05, 4.69) is 10.2 Å². The summed E-state index contributed by atoms with van der Waals surface area (Å²) >= 11 is 11.9. The Morgan fingerprint density at radius 1 is 1.79 bits per heavy atom. The molecule has 1 fully saturated rings. The highest BCUT2D eigenvalue weighted by Crippen LogP contribution is 2.26. The number of halogens is 1. The second kappa shape index (κ2) is 3.96. The van der Waals surface area contributed by atoms with Gasteiger partial charge in [0.15, 0.2) is 3.95 Å². The molecule has 0 spiro atoms. The van der Waals surface area contributed by atoms with E-state index in [1.807, 2.05) is 0 Å². The lowest BCUT2D eigenvalue weighted by Crippen LogP contribution is -2.24. The maximum Gasteiger partial charge on any atom is 0.229 e. The van der Waals surface area contributed by atoms with E-state index in [1.165, 1.54) is 11.3 Å². The Morgan fingerprint density at radius 3 is 3.07 bits per heavy atom. The fourth-order valence-electron chi connectivity index (χ4n) is 1.41. The SMILES string of the molecule is O=C1CC(CCl)CN1c1n[nH]c(=S)s1. The summed E-state index contributed by atoms with van der Waals surface area (Å²) in [7, 11) is 0. The van der Waals surface area contributed by atoms with Crippen molar-refractivity contribution in [2.24, 2.45) is 5.92 Å². The Labute approximate surface area is 94.9 Å². The van der Waals surface area contributed by atoms with Crippen molar-refractivity contribution in [3.8, 4) is 0 Å². The molecule has 1 amide bonds. The summed E-state index contributed by atoms with van der Waals surface area (Å²) in [6.07, 6.45) is 0.510. The number of carbonyl (C=O) groups is 1. The summed E-state index contributed by atoms with van der Waals surface area (Å²) in [6, 6.07) is 0. The first-order chi connectivity index (χ1) is 6.70. The van der Waals surface area contributed by atoms with Crippen molar-refractivity contribution >= 4 is 46.2 Å². The van der Waals surface area contributed by atoms with Crippen LogP contribution in [-0.4, -0.2) is 28.5 Å². The van der Waals surface area contributed by atoms with E-state index in [-0.39, 0.29) is 11.8 Å². The van der Waals surface area contributed by atoms with Crippen LogP contribution in [0.15, 0.2) is 0 Å². The lowest BCUT2D eigenvalue weighted by molar-refractivity contribution is -0.117. The summed E-state index contributed by atoms with van der Waals surface area (Å²) in [5.74, 6) is 0.827. The van der Waals surface area contributed by atoms with E-state index in [4.69, 9.17) is 23.8 Å². The molecule has 0 aliphatic carbocycles. The molecular formula is C7H8ClN3OS2. The normalized spacial score (nSPS) is 21.9. The highest BCUT2D eigenvalue weighted by Gasteiger charge is 2.31. The fraction of sp³-hybridized carbons (Fsp3) is 0.571. The zero-order chi connectivity index (χ0) is 10.1. The number of carbonyl (C=O) groups excluding carboxylic acids is 1. The highest BCUT2D eigenvalue weighted by atomic mass is 35.5. The molecule has 0 radical (unpaired) electrons. The number of alkyl halides is 1. The van der Waals surface area contributed by atoms with Crippen molar-refractivity contribution in [2.45, 2.75) is 6.42 Å². The third-order valence-corrected chi connectivity index (χ3v) is 3.63. The van der Waals surface area contributed by atoms with Crippen LogP contribution in [0.5, 0.6) is 0 Å². The number of hydrogen-bond acceptors (Lipinski definition) is 4. The second-order valence-electron chi connectivity index (χ2n) is 3.12. The molecule has 1 aliphatic heterocycles. The first-order valence-electron chi connectivity index (χ1n) is 4.12. The minimum absolute atomic E-state index is 0.0772. The van der Waals surface area contributed by atoms with Gasteiger partial charge in [0.05, 0.1) is 0 Å². The molecule has 0 saturated carbocycles. The number of aromatic nitrogens is 2. The standard InChI is InChI=1S/C7H8ClN3OS2/c8-2-4-1-5(12)11(3-4)6-9-10-7(13)14-6/h4H,1-3H2,(H,10,13). The number of amides is 1. The highest BCUT2D eigenvalue weighted by molar-refractivity contribution is 7.73. The summed E-state index contributed by atoms with van der Waals surface area (Å²) < 4.78 is 0.585. The number of rotatable bonds is 2. The summed E-state index contributed by atoms with van der Waals surface area (Å²) in [5.41, 5.74) is 0. The van der Waals surface area contributed by atoms with E-state index < -0.39 is 0 Å². The molecule has 2 heterocycles. The molecule has 1 atom stereocenters. The average molecular weight is 250 g/mol. The molecule has 76 valence electrons. The van der Waals surface area contributed by atoms with Gasteiger partial charge in [-0.25, -0.2) is 0 Å². The van der Waals surface area contributed by atoms with Gasteiger partial charge >= 0.3 is 0 Å². The molecule has 1 saturated heterocycles. The molecule has 1 aliphatic rings. The van der Waals surface area contributed by atoms with E-state index in [9.17, 15) is 4.79 Å². The van der Waals surface area contributed by atoms with Crippen molar-refractivity contribution in [1.29, 1.82) is 0 Å². The first kappa shape index (κ1) is 10.1. The first-order valence-corrected chi connectivity index (χ1v) is 5.88. The van der Waals surface area contributed by atoms with Gasteiger partial charge in [0.1, 0.15) is 0 Å². The Bertz CT molecular complexity index is 402. The Morgan fingerprint density at radius 2 is 2.57 bits per heavy atom. The second-order valence-corrected chi connectivity index (χ2v) is 5.08. The number of H-pyrrole nitrogens is 1. The van der Waals surface area contributed by atoms with Crippen LogP contribution < -0.4 is 4.90 Å². The van der Waals surface area contributed by atoms with Gasteiger partial charge in [-0.05, 0) is 18.1 Å². The Balaban J connectivity index is 2.20. The van der Waals surface area contributed by atoms with Gasteiger partial charge in [-0.2, -0.15) is 0 Å². The van der Waals surface area contributed by atoms with Gasteiger partial charge in [0.25, 0.3) is 0 Å². The number of nitrogens with one attached hydrogen (secondary N) is 1. The molecule has 14 heavy (non-hydrogen) atoms. The van der Waals surface area contributed by atoms with Crippen LogP contribution in [0.4, 0.5) is 5.13 Å². The van der Waals surface area contributed by atoms with Crippen LogP contribution in [0.2, 0.25) is 0 Å². The molecule has 1 N–H and O–H groups in total. The molecular weight excluding hydrogens is 242 g/mol. The van der Waals surface area contributed by atoms with Gasteiger partial charge < -0.3 is 0 Å². The van der Waals surface area contributed by atoms with E-state index in [1.54, 1.807) is 4.90 Å². The Kier molecular flexibility index (Phi) is 2.85. The van der Waals surface area contributed by atoms with Crippen LogP contribution in [0.25, 0.3) is 0 Å². The molecule has 1 aromatic heterocycles. The van der Waals surface area contributed by atoms with Crippen molar-refractivity contribution in [2.75, 3.05) is 17.3 Å². The van der Waals surface area contributed by atoms with E-state index >= 15 is 0 Å². The van der Waals surface area contributed by atoms with Gasteiger partial charge in [0, 0.05) is 18.8 Å². The van der Waals surface area contributed by atoms with Crippen molar-refractivity contribution in [3.05, 3.63) is 3.95 Å². The predicted octanol–water partition coefficient (Wildman–Crippen LogP) is 1.79. The van der Waals surface area contributed by atoms with Crippen LogP contribution >= 0.6 is 35.2 Å². The summed E-state index contributed by atoms with van der Waals surface area (Å²) in [4.78, 5) is 13.2. The van der Waals surface area contributed by atoms with Crippen LogP contribution in [-0.2, 0) is 4.79 Å². The largest absolute Gasteiger partial charge is 0.286 e. The summed E-state index contributed by atoms with van der Waals surface area (Å²) in [5, 5.41) is 7.27. The number of anilines is 1. The molecule has 0 bridgehead atoms. The number of aromatic amines is 1. The molecule has 2 rings (SSSR count). The molecule has 0 aromatic carbocycles. The number of nitrogens with zero attached hydrogens (tertiary/aromatic N) is 2. The van der Waals surface area contributed by atoms with Crippen molar-refractivity contribution in [1.82, 2.24) is 10.2 Å². The fourth-order valence-corrected chi connectivity index (χ4v) is 2.52. The zero-order valence-electron chi connectivity index (χ0n) is 7.20. The van der Waals surface area contributed by atoms with E-state index in [0.717, 1.165) is 0 Å². The minimum atomic E-state index is 0.0772. The maximum absolute atomic E-state index is 11.5. The topological polar surface area (TPSA) is 49.0 Å².